The highest BCUT2D eigenvalue weighted by molar-refractivity contribution is 7.99. The fourth-order valence-electron chi connectivity index (χ4n) is 6.89. The molecule has 6 aromatic rings. The summed E-state index contributed by atoms with van der Waals surface area (Å²) in [6.45, 7) is 4.65. The third kappa shape index (κ3) is 4.51. The van der Waals surface area contributed by atoms with Gasteiger partial charge in [0, 0.05) is 20.9 Å². The summed E-state index contributed by atoms with van der Waals surface area (Å²) in [7, 11) is 0. The molecule has 8 rings (SSSR count). The summed E-state index contributed by atoms with van der Waals surface area (Å²) in [5.41, 5.74) is 11.2. The molecule has 0 aromatic heterocycles. The molecular weight excluding hydrogens is 565 g/mol. The standard InChI is InChI=1S/C42H30N2S/c1-2-38(30-17-7-4-8-18-30)44-41(43-28-29-15-5-3-6-16-29)31-25-26-33-32-19-9-10-20-34(32)42(37(33)27-31)35-21-11-13-23-39(35)45-40-24-14-12-22-36(40)42/h2-27H,1,28H2. The van der Waals surface area contributed by atoms with Crippen LogP contribution in [0.4, 0.5) is 0 Å². The van der Waals surface area contributed by atoms with Crippen molar-refractivity contribution in [2.45, 2.75) is 21.8 Å². The number of hydrogen-bond acceptors (Lipinski definition) is 2. The number of hydrogen-bond donors (Lipinski definition) is 0. The van der Waals surface area contributed by atoms with Crippen molar-refractivity contribution < 1.29 is 0 Å². The van der Waals surface area contributed by atoms with Crippen LogP contribution in [0.15, 0.2) is 184 Å². The van der Waals surface area contributed by atoms with Gasteiger partial charge in [0.25, 0.3) is 0 Å². The van der Waals surface area contributed by atoms with Gasteiger partial charge in [-0.3, -0.25) is 4.99 Å². The van der Waals surface area contributed by atoms with Crippen LogP contribution < -0.4 is 0 Å². The Bertz CT molecular complexity index is 2080. The number of fused-ring (bicyclic) bond motifs is 9. The Morgan fingerprint density at radius 1 is 0.578 bits per heavy atom. The number of rotatable bonds is 5. The molecule has 0 fully saturated rings. The van der Waals surface area contributed by atoms with E-state index in [1.165, 1.54) is 43.2 Å². The van der Waals surface area contributed by atoms with Gasteiger partial charge in [-0.05, 0) is 63.2 Å². The second-order valence-electron chi connectivity index (χ2n) is 11.3. The Morgan fingerprint density at radius 2 is 1.16 bits per heavy atom. The first-order valence-electron chi connectivity index (χ1n) is 15.2. The Kier molecular flexibility index (Phi) is 6.89. The summed E-state index contributed by atoms with van der Waals surface area (Å²) in [6.07, 6.45) is 1.82. The predicted molar refractivity (Wildman–Crippen MR) is 188 cm³/mol. The maximum Gasteiger partial charge on any atom is 0.155 e. The zero-order valence-corrected chi connectivity index (χ0v) is 25.5. The molecule has 0 bridgehead atoms. The molecule has 0 saturated carbocycles. The summed E-state index contributed by atoms with van der Waals surface area (Å²) in [4.78, 5) is 12.9. The van der Waals surface area contributed by atoms with Gasteiger partial charge in [0.05, 0.1) is 17.7 Å². The van der Waals surface area contributed by atoms with Crippen LogP contribution in [0.3, 0.4) is 0 Å². The second kappa shape index (κ2) is 11.4. The molecule has 1 aliphatic heterocycles. The zero-order chi connectivity index (χ0) is 30.2. The van der Waals surface area contributed by atoms with Gasteiger partial charge in [0.1, 0.15) is 0 Å². The van der Waals surface area contributed by atoms with Gasteiger partial charge in [-0.2, -0.15) is 0 Å². The van der Waals surface area contributed by atoms with Crippen LogP contribution in [0.1, 0.15) is 38.9 Å². The minimum absolute atomic E-state index is 0.449. The third-order valence-corrected chi connectivity index (χ3v) is 10.0. The molecule has 45 heavy (non-hydrogen) atoms. The molecule has 2 aliphatic rings. The van der Waals surface area contributed by atoms with E-state index < -0.39 is 5.41 Å². The number of aliphatic imine (C=N–C) groups is 2. The van der Waals surface area contributed by atoms with Gasteiger partial charge < -0.3 is 0 Å². The van der Waals surface area contributed by atoms with Gasteiger partial charge in [0.2, 0.25) is 0 Å². The molecular formula is C42H30N2S. The molecule has 214 valence electrons. The van der Waals surface area contributed by atoms with Crippen LogP contribution in [0, 0.1) is 0 Å². The molecule has 1 heterocycles. The third-order valence-electron chi connectivity index (χ3n) is 8.85. The van der Waals surface area contributed by atoms with Crippen molar-refractivity contribution in [3.63, 3.8) is 0 Å². The quantitative estimate of drug-likeness (QED) is 0.144. The maximum absolute atomic E-state index is 5.19. The highest BCUT2D eigenvalue weighted by atomic mass is 32.2. The molecule has 0 N–H and O–H groups in total. The Labute approximate surface area is 268 Å². The van der Waals surface area contributed by atoms with E-state index in [9.17, 15) is 0 Å². The number of allylic oxidation sites excluding steroid dienone is 1. The van der Waals surface area contributed by atoms with Crippen LogP contribution in [0.25, 0.3) is 11.1 Å². The van der Waals surface area contributed by atoms with Crippen molar-refractivity contribution in [2.75, 3.05) is 0 Å². The first-order chi connectivity index (χ1) is 22.3. The second-order valence-corrected chi connectivity index (χ2v) is 12.4. The highest BCUT2D eigenvalue weighted by Gasteiger charge is 2.50. The zero-order valence-electron chi connectivity index (χ0n) is 24.7. The fraction of sp³-hybridized carbons (Fsp3) is 0.0476. The summed E-state index contributed by atoms with van der Waals surface area (Å²) < 4.78 is 0. The number of nitrogens with zero attached hydrogens (tertiary/aromatic N) is 2. The molecule has 0 unspecified atom stereocenters. The van der Waals surface area contributed by atoms with Crippen molar-refractivity contribution in [1.29, 1.82) is 0 Å². The smallest absolute Gasteiger partial charge is 0.155 e. The van der Waals surface area contributed by atoms with Gasteiger partial charge in [-0.25, -0.2) is 4.99 Å². The van der Waals surface area contributed by atoms with E-state index in [2.05, 4.69) is 134 Å². The van der Waals surface area contributed by atoms with Crippen LogP contribution >= 0.6 is 11.8 Å². The van der Waals surface area contributed by atoms with Crippen molar-refractivity contribution >= 4 is 23.3 Å². The molecule has 1 aliphatic carbocycles. The Morgan fingerprint density at radius 3 is 1.84 bits per heavy atom. The summed E-state index contributed by atoms with van der Waals surface area (Å²) in [5.74, 6) is 0.693. The van der Waals surface area contributed by atoms with Crippen LogP contribution in [-0.4, -0.2) is 11.5 Å². The van der Waals surface area contributed by atoms with Crippen LogP contribution in [0.2, 0.25) is 0 Å². The summed E-state index contributed by atoms with van der Waals surface area (Å²) in [6, 6.07) is 54.1. The topological polar surface area (TPSA) is 24.7 Å². The lowest BCUT2D eigenvalue weighted by Crippen LogP contribution is -2.32. The van der Waals surface area contributed by atoms with Crippen molar-refractivity contribution in [2.24, 2.45) is 9.98 Å². The van der Waals surface area contributed by atoms with E-state index >= 15 is 0 Å². The maximum atomic E-state index is 5.19. The van der Waals surface area contributed by atoms with Gasteiger partial charge in [-0.1, -0.05) is 152 Å². The molecule has 0 atom stereocenters. The van der Waals surface area contributed by atoms with Gasteiger partial charge >= 0.3 is 0 Å². The SMILES string of the molecule is C=CC(=NC(=NCc1ccccc1)c1ccc2c(c1)C1(c3ccccc3Sc3ccccc31)c1ccccc1-2)c1ccccc1. The van der Waals surface area contributed by atoms with Crippen molar-refractivity contribution in [1.82, 2.24) is 0 Å². The van der Waals surface area contributed by atoms with Crippen molar-refractivity contribution in [3.8, 4) is 11.1 Å². The molecule has 2 nitrogen and oxygen atoms in total. The van der Waals surface area contributed by atoms with Gasteiger partial charge in [-0.15, -0.1) is 0 Å². The lowest BCUT2D eigenvalue weighted by atomic mass is 9.67. The van der Waals surface area contributed by atoms with Crippen LogP contribution in [0.5, 0.6) is 0 Å². The van der Waals surface area contributed by atoms with Crippen molar-refractivity contribution in [3.05, 3.63) is 203 Å². The van der Waals surface area contributed by atoms with E-state index in [4.69, 9.17) is 9.98 Å². The molecule has 3 heteroatoms. The Hall–Kier alpha value is -5.25. The average Bonchev–Trinajstić information content (AvgIpc) is 3.39. The Balaban J connectivity index is 1.39. The number of amidine groups is 1. The minimum atomic E-state index is -0.449. The number of benzene rings is 6. The van der Waals surface area contributed by atoms with E-state index in [1.54, 1.807) is 0 Å². The molecule has 0 amide bonds. The normalized spacial score (nSPS) is 14.3. The van der Waals surface area contributed by atoms with E-state index in [-0.39, 0.29) is 0 Å². The molecule has 1 spiro atoms. The fourth-order valence-corrected chi connectivity index (χ4v) is 8.08. The van der Waals surface area contributed by atoms with Crippen LogP contribution in [-0.2, 0) is 12.0 Å². The predicted octanol–water partition coefficient (Wildman–Crippen LogP) is 10.1. The van der Waals surface area contributed by atoms with E-state index in [0.29, 0.717) is 12.4 Å². The molecule has 0 radical (unpaired) electrons. The lowest BCUT2D eigenvalue weighted by molar-refractivity contribution is 0.722. The highest BCUT2D eigenvalue weighted by Crippen LogP contribution is 2.62. The monoisotopic (exact) mass is 594 g/mol. The molecule has 6 aromatic carbocycles. The first kappa shape index (κ1) is 27.3. The summed E-state index contributed by atoms with van der Waals surface area (Å²) in [5, 5.41) is 0. The minimum Gasteiger partial charge on any atom is -0.261 e. The first-order valence-corrected chi connectivity index (χ1v) is 16.1. The average molecular weight is 595 g/mol. The van der Waals surface area contributed by atoms with E-state index in [1.807, 2.05) is 42.1 Å². The lowest BCUT2D eigenvalue weighted by Gasteiger charge is -2.39. The van der Waals surface area contributed by atoms with E-state index in [0.717, 1.165) is 22.4 Å². The summed E-state index contributed by atoms with van der Waals surface area (Å²) >= 11 is 1.86. The van der Waals surface area contributed by atoms with Gasteiger partial charge in [0.15, 0.2) is 5.84 Å². The molecule has 0 saturated heterocycles. The largest absolute Gasteiger partial charge is 0.261 e.